The molecule has 2 heterocycles. The van der Waals surface area contributed by atoms with Crippen LogP contribution < -0.4 is 5.56 Å². The Morgan fingerprint density at radius 3 is 2.59 bits per heavy atom. The predicted molar refractivity (Wildman–Crippen MR) is 82.2 cm³/mol. The molecule has 0 bridgehead atoms. The summed E-state index contributed by atoms with van der Waals surface area (Å²) in [5, 5.41) is 16.5. The van der Waals surface area contributed by atoms with E-state index in [2.05, 4.69) is 26.1 Å². The Balaban J connectivity index is 2.05. The Hall–Kier alpha value is -2.48. The number of hydrogen-bond acceptors (Lipinski definition) is 4. The lowest BCUT2D eigenvalue weighted by atomic mass is 10.3. The number of halogens is 1. The van der Waals surface area contributed by atoms with Gasteiger partial charge in [0.25, 0.3) is 0 Å². The van der Waals surface area contributed by atoms with Crippen LogP contribution in [0.1, 0.15) is 12.2 Å². The van der Waals surface area contributed by atoms with Gasteiger partial charge in [-0.2, -0.15) is 0 Å². The molecule has 0 amide bonds. The molecule has 0 radical (unpaired) electrons. The normalized spacial score (nSPS) is 11.0. The molecule has 0 unspecified atom stereocenters. The minimum atomic E-state index is -0.917. The van der Waals surface area contributed by atoms with E-state index in [9.17, 15) is 9.59 Å². The number of aromatic nitrogens is 4. The van der Waals surface area contributed by atoms with Crippen molar-refractivity contribution >= 4 is 27.5 Å². The molecule has 0 atom stereocenters. The van der Waals surface area contributed by atoms with Gasteiger partial charge in [-0.1, -0.05) is 15.9 Å². The lowest BCUT2D eigenvalue weighted by Gasteiger charge is -2.06. The molecule has 22 heavy (non-hydrogen) atoms. The van der Waals surface area contributed by atoms with E-state index in [0.29, 0.717) is 11.5 Å². The average molecular weight is 363 g/mol. The van der Waals surface area contributed by atoms with E-state index in [0.717, 1.165) is 4.47 Å². The summed E-state index contributed by atoms with van der Waals surface area (Å²) < 4.78 is 3.92. The molecule has 1 N–H and O–H groups in total. The number of carbonyl (C=O) groups is 1. The molecule has 3 aromatic rings. The zero-order chi connectivity index (χ0) is 15.7. The van der Waals surface area contributed by atoms with Crippen LogP contribution in [0, 0.1) is 0 Å². The maximum atomic E-state index is 12.5. The van der Waals surface area contributed by atoms with Gasteiger partial charge in [-0.05, 0) is 24.3 Å². The van der Waals surface area contributed by atoms with Crippen molar-refractivity contribution in [3.63, 3.8) is 0 Å². The second-order valence-electron chi connectivity index (χ2n) is 4.65. The van der Waals surface area contributed by atoms with Gasteiger partial charge in [0.1, 0.15) is 5.82 Å². The third-order valence-electron chi connectivity index (χ3n) is 3.21. The Kier molecular flexibility index (Phi) is 3.76. The van der Waals surface area contributed by atoms with Crippen molar-refractivity contribution in [3.05, 3.63) is 57.3 Å². The van der Waals surface area contributed by atoms with Crippen LogP contribution in [0.5, 0.6) is 0 Å². The van der Waals surface area contributed by atoms with E-state index < -0.39 is 5.97 Å². The van der Waals surface area contributed by atoms with Crippen molar-refractivity contribution in [3.8, 4) is 5.69 Å². The van der Waals surface area contributed by atoms with Gasteiger partial charge in [0.2, 0.25) is 5.65 Å². The molecule has 2 aromatic heterocycles. The number of carboxylic acid groups (broad SMARTS) is 1. The molecule has 0 saturated carbocycles. The summed E-state index contributed by atoms with van der Waals surface area (Å²) in [4.78, 5) is 23.1. The smallest absolute Gasteiger partial charge is 0.303 e. The Labute approximate surface area is 133 Å². The molecule has 0 aliphatic heterocycles. The molecule has 1 aromatic carbocycles. The molecule has 0 saturated heterocycles. The van der Waals surface area contributed by atoms with E-state index in [1.165, 1.54) is 8.97 Å². The van der Waals surface area contributed by atoms with Gasteiger partial charge in [0, 0.05) is 29.0 Å². The highest BCUT2D eigenvalue weighted by atomic mass is 79.9. The number of fused-ring (bicyclic) bond motifs is 1. The summed E-state index contributed by atoms with van der Waals surface area (Å²) in [7, 11) is 0. The Bertz CT molecular complexity index is 899. The van der Waals surface area contributed by atoms with Gasteiger partial charge in [0.05, 0.1) is 6.42 Å². The number of benzene rings is 1. The van der Waals surface area contributed by atoms with Gasteiger partial charge in [-0.25, -0.2) is 0 Å². The second kappa shape index (κ2) is 5.72. The molecule has 0 aliphatic rings. The third kappa shape index (κ3) is 2.64. The van der Waals surface area contributed by atoms with Crippen LogP contribution in [-0.4, -0.2) is 30.2 Å². The predicted octanol–water partition coefficient (Wildman–Crippen LogP) is 1.66. The molecule has 0 spiro atoms. The molecule has 0 aliphatic carbocycles. The van der Waals surface area contributed by atoms with E-state index in [1.807, 2.05) is 24.3 Å². The molecule has 8 heteroatoms. The van der Waals surface area contributed by atoms with Crippen molar-refractivity contribution < 1.29 is 9.90 Å². The zero-order valence-corrected chi connectivity index (χ0v) is 12.9. The Morgan fingerprint density at radius 1 is 1.18 bits per heavy atom. The summed E-state index contributed by atoms with van der Waals surface area (Å²) in [6.45, 7) is 0. The van der Waals surface area contributed by atoms with Crippen molar-refractivity contribution in [2.24, 2.45) is 0 Å². The van der Waals surface area contributed by atoms with Gasteiger partial charge in [-0.3, -0.25) is 18.6 Å². The maximum absolute atomic E-state index is 12.5. The third-order valence-corrected chi connectivity index (χ3v) is 3.74. The summed E-state index contributed by atoms with van der Waals surface area (Å²) in [6.07, 6.45) is 3.44. The first-order valence-corrected chi connectivity index (χ1v) is 7.28. The summed E-state index contributed by atoms with van der Waals surface area (Å²) in [5.74, 6) is -0.461. The number of hydrogen-bond donors (Lipinski definition) is 1. The summed E-state index contributed by atoms with van der Waals surface area (Å²) in [5.41, 5.74) is 0.579. The minimum absolute atomic E-state index is 0.0589. The molecule has 112 valence electrons. The summed E-state index contributed by atoms with van der Waals surface area (Å²) >= 11 is 3.35. The van der Waals surface area contributed by atoms with E-state index in [1.54, 1.807) is 12.4 Å². The number of carboxylic acids is 1. The van der Waals surface area contributed by atoms with Gasteiger partial charge in [0.15, 0.2) is 0 Å². The van der Waals surface area contributed by atoms with Crippen LogP contribution in [0.2, 0.25) is 0 Å². The van der Waals surface area contributed by atoms with Gasteiger partial charge in [-0.15, -0.1) is 10.2 Å². The maximum Gasteiger partial charge on any atom is 0.303 e. The topological polar surface area (TPSA) is 89.5 Å². The van der Waals surface area contributed by atoms with Crippen LogP contribution in [0.25, 0.3) is 11.3 Å². The van der Waals surface area contributed by atoms with Crippen molar-refractivity contribution in [1.82, 2.24) is 19.2 Å². The van der Waals surface area contributed by atoms with Crippen molar-refractivity contribution in [1.29, 1.82) is 0 Å². The number of aliphatic carboxylic acids is 1. The molecule has 0 fully saturated rings. The zero-order valence-electron chi connectivity index (χ0n) is 11.3. The Morgan fingerprint density at radius 2 is 1.91 bits per heavy atom. The number of rotatable bonds is 4. The minimum Gasteiger partial charge on any atom is -0.481 e. The SMILES string of the molecule is O=C(O)CCc1nnc2c(=O)n(-c3ccc(Br)cc3)ccn12. The van der Waals surface area contributed by atoms with Crippen molar-refractivity contribution in [2.75, 3.05) is 0 Å². The number of nitrogens with zero attached hydrogens (tertiary/aromatic N) is 4. The van der Waals surface area contributed by atoms with E-state index >= 15 is 0 Å². The fourth-order valence-corrected chi connectivity index (χ4v) is 2.39. The lowest BCUT2D eigenvalue weighted by Crippen LogP contribution is -2.20. The largest absolute Gasteiger partial charge is 0.481 e. The highest BCUT2D eigenvalue weighted by Crippen LogP contribution is 2.13. The highest BCUT2D eigenvalue weighted by molar-refractivity contribution is 9.10. The molecule has 7 nitrogen and oxygen atoms in total. The van der Waals surface area contributed by atoms with E-state index in [-0.39, 0.29) is 24.0 Å². The fraction of sp³-hybridized carbons (Fsp3) is 0.143. The first-order chi connectivity index (χ1) is 10.6. The average Bonchev–Trinajstić information content (AvgIpc) is 2.91. The first-order valence-electron chi connectivity index (χ1n) is 6.49. The number of aryl methyl sites for hydroxylation is 1. The standard InChI is InChI=1S/C14H11BrN4O3/c15-9-1-3-10(4-2-9)18-7-8-19-11(5-6-12(20)21)16-17-13(19)14(18)22/h1-4,7-8H,5-6H2,(H,20,21). The first kappa shape index (κ1) is 14.5. The molecule has 3 rings (SSSR count). The van der Waals surface area contributed by atoms with Crippen LogP contribution >= 0.6 is 15.9 Å². The second-order valence-corrected chi connectivity index (χ2v) is 5.57. The van der Waals surface area contributed by atoms with Crippen LogP contribution in [0.4, 0.5) is 0 Å². The van der Waals surface area contributed by atoms with Crippen molar-refractivity contribution in [2.45, 2.75) is 12.8 Å². The molecular weight excluding hydrogens is 352 g/mol. The molecular formula is C14H11BrN4O3. The van der Waals surface area contributed by atoms with Crippen LogP contribution in [0.3, 0.4) is 0 Å². The lowest BCUT2D eigenvalue weighted by molar-refractivity contribution is -0.137. The monoisotopic (exact) mass is 362 g/mol. The quantitative estimate of drug-likeness (QED) is 0.762. The van der Waals surface area contributed by atoms with Gasteiger partial charge < -0.3 is 5.11 Å². The van der Waals surface area contributed by atoms with E-state index in [4.69, 9.17) is 5.11 Å². The van der Waals surface area contributed by atoms with Crippen LogP contribution in [0.15, 0.2) is 45.9 Å². The summed E-state index contributed by atoms with van der Waals surface area (Å²) in [6, 6.07) is 7.30. The highest BCUT2D eigenvalue weighted by Gasteiger charge is 2.12. The fourth-order valence-electron chi connectivity index (χ4n) is 2.13. The van der Waals surface area contributed by atoms with Crippen LogP contribution in [-0.2, 0) is 11.2 Å². The van der Waals surface area contributed by atoms with Gasteiger partial charge >= 0.3 is 11.5 Å².